The second-order valence-corrected chi connectivity index (χ2v) is 14.0. The van der Waals surface area contributed by atoms with Gasteiger partial charge in [-0.2, -0.15) is 0 Å². The molecule has 4 heterocycles. The molecule has 0 N–H and O–H groups in total. The van der Waals surface area contributed by atoms with Gasteiger partial charge in [-0.15, -0.1) is 0 Å². The first-order chi connectivity index (χ1) is 22.1. The summed E-state index contributed by atoms with van der Waals surface area (Å²) < 4.78 is 7.03. The fraction of sp³-hybridized carbons (Fsp3) is 0.0750. The van der Waals surface area contributed by atoms with Crippen LogP contribution in [0.5, 0.6) is 0 Å². The summed E-state index contributed by atoms with van der Waals surface area (Å²) in [6, 6.07) is 48.6. The molecule has 0 atom stereocenters. The van der Waals surface area contributed by atoms with Gasteiger partial charge < -0.3 is 9.13 Å². The Labute approximate surface area is 264 Å². The molecule has 4 nitrogen and oxygen atoms in total. The van der Waals surface area contributed by atoms with Crippen molar-refractivity contribution in [1.82, 2.24) is 18.7 Å². The first kappa shape index (κ1) is 25.1. The van der Waals surface area contributed by atoms with Crippen molar-refractivity contribution < 1.29 is 0 Å². The van der Waals surface area contributed by atoms with Crippen LogP contribution in [0.2, 0.25) is 0 Å². The minimum Gasteiger partial charge on any atom is -0.309 e. The van der Waals surface area contributed by atoms with E-state index < -0.39 is 0 Å². The summed E-state index contributed by atoms with van der Waals surface area (Å²) in [5.74, 6) is 0. The largest absolute Gasteiger partial charge is 0.309 e. The Bertz CT molecular complexity index is 2610. The molecule has 6 aromatic carbocycles. The van der Waals surface area contributed by atoms with Gasteiger partial charge >= 0.3 is 0 Å². The van der Waals surface area contributed by atoms with Crippen molar-refractivity contribution in [1.29, 1.82) is 0 Å². The number of benzene rings is 6. The Hall–Kier alpha value is -5.26. The molecule has 1 aliphatic rings. The SMILES string of the molecule is CC1(C)Sc2nc3ccccc3n2-c2ccc(-n3c4ccccc4c4cc(-n5c6ccccc6c6ccccc65)ccc43)cc21. The smallest absolute Gasteiger partial charge is 0.174 e. The van der Waals surface area contributed by atoms with Crippen molar-refractivity contribution in [2.75, 3.05) is 0 Å². The van der Waals surface area contributed by atoms with Crippen molar-refractivity contribution >= 4 is 66.4 Å². The van der Waals surface area contributed by atoms with Crippen molar-refractivity contribution in [2.24, 2.45) is 0 Å². The molecule has 45 heavy (non-hydrogen) atoms. The van der Waals surface area contributed by atoms with Crippen LogP contribution in [0, 0.1) is 0 Å². The van der Waals surface area contributed by atoms with E-state index in [1.54, 1.807) is 0 Å². The molecule has 0 radical (unpaired) electrons. The number of aromatic nitrogens is 4. The van der Waals surface area contributed by atoms with Gasteiger partial charge in [-0.3, -0.25) is 4.57 Å². The number of thioether (sulfide) groups is 1. The van der Waals surface area contributed by atoms with Gasteiger partial charge in [0.05, 0.1) is 38.8 Å². The van der Waals surface area contributed by atoms with E-state index in [1.807, 2.05) is 11.8 Å². The Kier molecular flexibility index (Phi) is 4.97. The Morgan fingerprint density at radius 3 is 1.67 bits per heavy atom. The van der Waals surface area contributed by atoms with Gasteiger partial charge in [-0.1, -0.05) is 78.5 Å². The van der Waals surface area contributed by atoms with Crippen LogP contribution in [-0.4, -0.2) is 18.7 Å². The molecule has 9 aromatic rings. The van der Waals surface area contributed by atoms with Crippen LogP contribution in [0.15, 0.2) is 139 Å². The van der Waals surface area contributed by atoms with Crippen LogP contribution in [0.25, 0.3) is 71.7 Å². The summed E-state index contributed by atoms with van der Waals surface area (Å²) in [6.45, 7) is 4.63. The van der Waals surface area contributed by atoms with Gasteiger partial charge in [0.15, 0.2) is 5.16 Å². The monoisotopic (exact) mass is 596 g/mol. The number of rotatable bonds is 2. The minimum absolute atomic E-state index is 0.134. The van der Waals surface area contributed by atoms with Crippen molar-refractivity contribution in [3.05, 3.63) is 139 Å². The third kappa shape index (κ3) is 3.42. The average molecular weight is 597 g/mol. The van der Waals surface area contributed by atoms with E-state index in [1.165, 1.54) is 66.2 Å². The molecule has 0 bridgehead atoms. The topological polar surface area (TPSA) is 27.7 Å². The van der Waals surface area contributed by atoms with Gasteiger partial charge in [-0.25, -0.2) is 4.98 Å². The number of hydrogen-bond acceptors (Lipinski definition) is 2. The molecule has 0 amide bonds. The second-order valence-electron chi connectivity index (χ2n) is 12.5. The van der Waals surface area contributed by atoms with E-state index in [9.17, 15) is 0 Å². The standard InChI is InChI=1S/C40H28N4S/c1-40(2)31-24-26(20-22-37(31)44-38-18-10-6-14-32(38)41-39(44)45-40)43-35-17-9-5-13-29(35)30-23-25(19-21-36(30)43)42-33-15-7-3-11-27(33)28-12-4-8-16-34(28)42/h3-24H,1-2H3. The zero-order valence-corrected chi connectivity index (χ0v) is 25.7. The molecule has 0 aliphatic carbocycles. The number of hydrogen-bond donors (Lipinski definition) is 0. The predicted octanol–water partition coefficient (Wildman–Crippen LogP) is 10.6. The molecule has 0 fully saturated rings. The molecule has 0 saturated carbocycles. The molecular formula is C40H28N4S. The van der Waals surface area contributed by atoms with E-state index in [2.05, 4.69) is 161 Å². The maximum atomic E-state index is 4.99. The van der Waals surface area contributed by atoms with Gasteiger partial charge in [0.1, 0.15) is 0 Å². The highest BCUT2D eigenvalue weighted by Gasteiger charge is 2.34. The molecule has 3 aromatic heterocycles. The molecule has 10 rings (SSSR count). The zero-order valence-electron chi connectivity index (χ0n) is 24.9. The third-order valence-electron chi connectivity index (χ3n) is 9.50. The normalized spacial score (nSPS) is 14.1. The van der Waals surface area contributed by atoms with Gasteiger partial charge in [0.25, 0.3) is 0 Å². The predicted molar refractivity (Wildman–Crippen MR) is 189 cm³/mol. The van der Waals surface area contributed by atoms with Crippen LogP contribution in [0.4, 0.5) is 0 Å². The lowest BCUT2D eigenvalue weighted by Gasteiger charge is -2.33. The number of fused-ring (bicyclic) bond motifs is 11. The highest BCUT2D eigenvalue weighted by Crippen LogP contribution is 2.50. The van der Waals surface area contributed by atoms with Crippen LogP contribution >= 0.6 is 11.8 Å². The van der Waals surface area contributed by atoms with Gasteiger partial charge in [0, 0.05) is 37.7 Å². The minimum atomic E-state index is -0.134. The van der Waals surface area contributed by atoms with E-state index >= 15 is 0 Å². The Balaban J connectivity index is 1.22. The number of nitrogens with zero attached hydrogens (tertiary/aromatic N) is 4. The fourth-order valence-electron chi connectivity index (χ4n) is 7.51. The molecule has 1 aliphatic heterocycles. The zero-order chi connectivity index (χ0) is 29.9. The quantitative estimate of drug-likeness (QED) is 0.199. The molecule has 0 saturated heterocycles. The molecular weight excluding hydrogens is 569 g/mol. The summed E-state index contributed by atoms with van der Waals surface area (Å²) in [5, 5.41) is 6.11. The van der Waals surface area contributed by atoms with Crippen molar-refractivity contribution in [3.8, 4) is 17.1 Å². The van der Waals surface area contributed by atoms with Crippen molar-refractivity contribution in [3.63, 3.8) is 0 Å². The van der Waals surface area contributed by atoms with Gasteiger partial charge in [-0.05, 0) is 86.1 Å². The fourth-order valence-corrected chi connectivity index (χ4v) is 8.67. The Morgan fingerprint density at radius 1 is 0.489 bits per heavy atom. The molecule has 0 unspecified atom stereocenters. The van der Waals surface area contributed by atoms with Gasteiger partial charge in [0.2, 0.25) is 0 Å². The Morgan fingerprint density at radius 2 is 1.00 bits per heavy atom. The number of para-hydroxylation sites is 5. The summed E-state index contributed by atoms with van der Waals surface area (Å²) in [7, 11) is 0. The van der Waals surface area contributed by atoms with E-state index in [4.69, 9.17) is 4.98 Å². The highest BCUT2D eigenvalue weighted by molar-refractivity contribution is 8.00. The summed E-state index contributed by atoms with van der Waals surface area (Å²) in [6.07, 6.45) is 0. The maximum absolute atomic E-state index is 4.99. The lowest BCUT2D eigenvalue weighted by Crippen LogP contribution is -2.22. The van der Waals surface area contributed by atoms with E-state index in [-0.39, 0.29) is 4.75 Å². The number of imidazole rings is 1. The first-order valence-corrected chi connectivity index (χ1v) is 16.2. The van der Waals surface area contributed by atoms with Crippen LogP contribution in [0.1, 0.15) is 19.4 Å². The summed E-state index contributed by atoms with van der Waals surface area (Å²) in [5.41, 5.74) is 11.9. The van der Waals surface area contributed by atoms with E-state index in [0.29, 0.717) is 0 Å². The first-order valence-electron chi connectivity index (χ1n) is 15.4. The molecule has 0 spiro atoms. The summed E-state index contributed by atoms with van der Waals surface area (Å²) in [4.78, 5) is 4.99. The van der Waals surface area contributed by atoms with Crippen LogP contribution < -0.4 is 0 Å². The van der Waals surface area contributed by atoms with Crippen LogP contribution in [0.3, 0.4) is 0 Å². The van der Waals surface area contributed by atoms with Crippen LogP contribution in [-0.2, 0) is 4.75 Å². The van der Waals surface area contributed by atoms with E-state index in [0.717, 1.165) is 16.2 Å². The molecule has 214 valence electrons. The lowest BCUT2D eigenvalue weighted by molar-refractivity contribution is 0.727. The second kappa shape index (κ2) is 8.90. The maximum Gasteiger partial charge on any atom is 0.174 e. The third-order valence-corrected chi connectivity index (χ3v) is 10.7. The van der Waals surface area contributed by atoms with Crippen molar-refractivity contribution in [2.45, 2.75) is 23.8 Å². The average Bonchev–Trinajstić information content (AvgIpc) is 3.71. The molecule has 5 heteroatoms. The highest BCUT2D eigenvalue weighted by atomic mass is 32.2. The lowest BCUT2D eigenvalue weighted by atomic mass is 9.98. The summed E-state index contributed by atoms with van der Waals surface area (Å²) >= 11 is 1.84.